The first-order valence-electron chi connectivity index (χ1n) is 8.18. The number of hydrogen-bond acceptors (Lipinski definition) is 3. The van der Waals surface area contributed by atoms with Gasteiger partial charge in [-0.15, -0.1) is 0 Å². The van der Waals surface area contributed by atoms with E-state index < -0.39 is 0 Å². The Labute approximate surface area is 122 Å². The van der Waals surface area contributed by atoms with Gasteiger partial charge in [-0.05, 0) is 38.5 Å². The Hall–Kier alpha value is -0.810. The van der Waals surface area contributed by atoms with Crippen LogP contribution in [-0.2, 0) is 4.74 Å². The molecule has 3 fully saturated rings. The fourth-order valence-corrected chi connectivity index (χ4v) is 3.24. The quantitative estimate of drug-likeness (QED) is 0.595. The summed E-state index contributed by atoms with van der Waals surface area (Å²) in [6, 6.07) is 1.43. The second kappa shape index (κ2) is 6.76. The molecule has 0 radical (unpaired) electrons. The molecule has 3 rings (SSSR count). The third-order valence-corrected chi connectivity index (χ3v) is 4.62. The predicted molar refractivity (Wildman–Crippen MR) is 81.1 cm³/mol. The van der Waals surface area contributed by atoms with Gasteiger partial charge < -0.3 is 15.4 Å². The summed E-state index contributed by atoms with van der Waals surface area (Å²) >= 11 is 0. The third-order valence-electron chi connectivity index (χ3n) is 4.62. The largest absolute Gasteiger partial charge is 0.376 e. The van der Waals surface area contributed by atoms with Crippen LogP contribution in [0, 0.1) is 0 Å². The monoisotopic (exact) mass is 280 g/mol. The number of aliphatic imine (C=N–C) groups is 1. The number of ether oxygens (including phenoxy) is 1. The molecule has 0 aromatic rings. The summed E-state index contributed by atoms with van der Waals surface area (Å²) < 4.78 is 5.75. The van der Waals surface area contributed by atoms with Crippen molar-refractivity contribution in [2.24, 2.45) is 4.99 Å². The van der Waals surface area contributed by atoms with Crippen molar-refractivity contribution < 1.29 is 4.74 Å². The number of likely N-dealkylation sites (tertiary alicyclic amines) is 1. The SMILES string of the molecule is CN=C(NCC1CCCCO1)NC1CCN(C2CC2)C1. The zero-order valence-electron chi connectivity index (χ0n) is 12.6. The molecule has 0 spiro atoms. The van der Waals surface area contributed by atoms with E-state index in [0.717, 1.165) is 25.2 Å². The van der Waals surface area contributed by atoms with E-state index in [1.165, 1.54) is 51.6 Å². The Morgan fingerprint density at radius 2 is 2.15 bits per heavy atom. The van der Waals surface area contributed by atoms with Crippen molar-refractivity contribution in [3.05, 3.63) is 0 Å². The molecule has 2 heterocycles. The van der Waals surface area contributed by atoms with E-state index >= 15 is 0 Å². The minimum absolute atomic E-state index is 0.355. The van der Waals surface area contributed by atoms with Gasteiger partial charge in [0.1, 0.15) is 0 Å². The average Bonchev–Trinajstić information content (AvgIpc) is 3.24. The maximum absolute atomic E-state index is 5.75. The molecule has 20 heavy (non-hydrogen) atoms. The van der Waals surface area contributed by atoms with Crippen molar-refractivity contribution >= 4 is 5.96 Å². The molecule has 2 unspecified atom stereocenters. The summed E-state index contributed by atoms with van der Waals surface area (Å²) in [6.45, 7) is 4.20. The molecule has 0 aromatic carbocycles. The van der Waals surface area contributed by atoms with E-state index in [4.69, 9.17) is 4.74 Å². The molecule has 114 valence electrons. The number of nitrogens with zero attached hydrogens (tertiary/aromatic N) is 2. The predicted octanol–water partition coefficient (Wildman–Crippen LogP) is 0.957. The third kappa shape index (κ3) is 3.85. The Balaban J connectivity index is 1.38. The first kappa shape index (κ1) is 14.1. The highest BCUT2D eigenvalue weighted by molar-refractivity contribution is 5.80. The van der Waals surface area contributed by atoms with Gasteiger partial charge in [-0.25, -0.2) is 0 Å². The van der Waals surface area contributed by atoms with Crippen molar-refractivity contribution in [3.8, 4) is 0 Å². The molecule has 5 nitrogen and oxygen atoms in total. The van der Waals surface area contributed by atoms with E-state index in [9.17, 15) is 0 Å². The van der Waals surface area contributed by atoms with Crippen LogP contribution in [-0.4, -0.2) is 62.3 Å². The van der Waals surface area contributed by atoms with Crippen LogP contribution >= 0.6 is 0 Å². The molecule has 2 saturated heterocycles. The van der Waals surface area contributed by atoms with Crippen LogP contribution in [0.2, 0.25) is 0 Å². The molecule has 2 N–H and O–H groups in total. The number of guanidine groups is 1. The summed E-state index contributed by atoms with van der Waals surface area (Å²) in [5.74, 6) is 0.932. The van der Waals surface area contributed by atoms with Crippen LogP contribution in [0.15, 0.2) is 4.99 Å². The number of hydrogen-bond donors (Lipinski definition) is 2. The molecular weight excluding hydrogens is 252 g/mol. The van der Waals surface area contributed by atoms with Crippen LogP contribution in [0.25, 0.3) is 0 Å². The molecule has 0 aromatic heterocycles. The second-order valence-electron chi connectivity index (χ2n) is 6.30. The van der Waals surface area contributed by atoms with Crippen molar-refractivity contribution in [1.29, 1.82) is 0 Å². The summed E-state index contributed by atoms with van der Waals surface area (Å²) in [6.07, 6.45) is 8.06. The molecule has 3 aliphatic rings. The van der Waals surface area contributed by atoms with Crippen molar-refractivity contribution in [2.45, 2.75) is 56.7 Å². The minimum atomic E-state index is 0.355. The topological polar surface area (TPSA) is 48.9 Å². The molecule has 1 saturated carbocycles. The van der Waals surface area contributed by atoms with Crippen LogP contribution in [0.4, 0.5) is 0 Å². The summed E-state index contributed by atoms with van der Waals surface area (Å²) in [5, 5.41) is 6.98. The van der Waals surface area contributed by atoms with E-state index in [1.54, 1.807) is 0 Å². The van der Waals surface area contributed by atoms with E-state index in [1.807, 2.05) is 7.05 Å². The van der Waals surface area contributed by atoms with Crippen molar-refractivity contribution in [3.63, 3.8) is 0 Å². The van der Waals surface area contributed by atoms with Crippen molar-refractivity contribution in [2.75, 3.05) is 33.3 Å². The zero-order valence-corrected chi connectivity index (χ0v) is 12.6. The molecule has 2 aliphatic heterocycles. The van der Waals surface area contributed by atoms with Crippen LogP contribution in [0.1, 0.15) is 38.5 Å². The highest BCUT2D eigenvalue weighted by atomic mass is 16.5. The Morgan fingerprint density at radius 3 is 2.85 bits per heavy atom. The van der Waals surface area contributed by atoms with E-state index in [0.29, 0.717) is 12.1 Å². The van der Waals surface area contributed by atoms with Crippen molar-refractivity contribution in [1.82, 2.24) is 15.5 Å². The molecule has 2 atom stereocenters. The van der Waals surface area contributed by atoms with Crippen LogP contribution < -0.4 is 10.6 Å². The van der Waals surface area contributed by atoms with Gasteiger partial charge in [-0.1, -0.05) is 0 Å². The molecule has 0 amide bonds. The number of rotatable bonds is 4. The highest BCUT2D eigenvalue weighted by Crippen LogP contribution is 2.29. The fraction of sp³-hybridized carbons (Fsp3) is 0.933. The fourth-order valence-electron chi connectivity index (χ4n) is 3.24. The lowest BCUT2D eigenvalue weighted by molar-refractivity contribution is 0.0194. The molecule has 5 heteroatoms. The minimum Gasteiger partial charge on any atom is -0.376 e. The smallest absolute Gasteiger partial charge is 0.191 e. The highest BCUT2D eigenvalue weighted by Gasteiger charge is 2.34. The standard InChI is InChI=1S/C15H28N4O/c1-16-15(17-10-14-4-2-3-9-20-14)18-12-7-8-19(11-12)13-5-6-13/h12-14H,2-11H2,1H3,(H2,16,17,18). The lowest BCUT2D eigenvalue weighted by Gasteiger charge is -2.24. The van der Waals surface area contributed by atoms with Gasteiger partial charge in [-0.3, -0.25) is 9.89 Å². The Morgan fingerprint density at radius 1 is 1.25 bits per heavy atom. The van der Waals surface area contributed by atoms with Gasteiger partial charge in [0.25, 0.3) is 0 Å². The van der Waals surface area contributed by atoms with Crippen LogP contribution in [0.3, 0.4) is 0 Å². The Bertz CT molecular complexity index is 337. The zero-order chi connectivity index (χ0) is 13.8. The average molecular weight is 280 g/mol. The van der Waals surface area contributed by atoms with Crippen LogP contribution in [0.5, 0.6) is 0 Å². The van der Waals surface area contributed by atoms with E-state index in [2.05, 4.69) is 20.5 Å². The van der Waals surface area contributed by atoms with Gasteiger partial charge >= 0.3 is 0 Å². The van der Waals surface area contributed by atoms with Gasteiger partial charge in [-0.2, -0.15) is 0 Å². The molecular formula is C15H28N4O. The van der Waals surface area contributed by atoms with Gasteiger partial charge in [0, 0.05) is 45.4 Å². The van der Waals surface area contributed by atoms with E-state index in [-0.39, 0.29) is 0 Å². The lowest BCUT2D eigenvalue weighted by atomic mass is 10.1. The summed E-state index contributed by atoms with van der Waals surface area (Å²) in [4.78, 5) is 6.96. The maximum Gasteiger partial charge on any atom is 0.191 e. The summed E-state index contributed by atoms with van der Waals surface area (Å²) in [7, 11) is 1.85. The summed E-state index contributed by atoms with van der Waals surface area (Å²) in [5.41, 5.74) is 0. The van der Waals surface area contributed by atoms with Gasteiger partial charge in [0.15, 0.2) is 5.96 Å². The first-order valence-corrected chi connectivity index (χ1v) is 8.18. The first-order chi connectivity index (χ1) is 9.85. The lowest BCUT2D eigenvalue weighted by Crippen LogP contribution is -2.47. The number of nitrogens with one attached hydrogen (secondary N) is 2. The normalized spacial score (nSPS) is 32.4. The molecule has 1 aliphatic carbocycles. The van der Waals surface area contributed by atoms with Gasteiger partial charge in [0.05, 0.1) is 6.10 Å². The molecule has 0 bridgehead atoms. The Kier molecular flexibility index (Phi) is 4.78. The second-order valence-corrected chi connectivity index (χ2v) is 6.30. The maximum atomic E-state index is 5.75. The van der Waals surface area contributed by atoms with Gasteiger partial charge in [0.2, 0.25) is 0 Å².